The fourth-order valence-electron chi connectivity index (χ4n) is 3.44. The second-order valence-corrected chi connectivity index (χ2v) is 6.98. The maximum atomic E-state index is 12.7. The van der Waals surface area contributed by atoms with Gasteiger partial charge in [0.15, 0.2) is 11.6 Å². The summed E-state index contributed by atoms with van der Waals surface area (Å²) < 4.78 is 6.71. The molecule has 0 unspecified atom stereocenters. The third-order valence-corrected chi connectivity index (χ3v) is 5.13. The van der Waals surface area contributed by atoms with Gasteiger partial charge in [-0.05, 0) is 31.0 Å². The second-order valence-electron chi connectivity index (χ2n) is 6.98. The first-order chi connectivity index (χ1) is 15.0. The lowest BCUT2D eigenvalue weighted by Gasteiger charge is -2.31. The van der Waals surface area contributed by atoms with Crippen LogP contribution in [0.3, 0.4) is 0 Å². The molecule has 1 N–H and O–H groups in total. The number of hydrogen-bond donors (Lipinski definition) is 1. The van der Waals surface area contributed by atoms with Crippen LogP contribution in [0.15, 0.2) is 43.0 Å². The normalized spacial score (nSPS) is 14.3. The van der Waals surface area contributed by atoms with Crippen molar-refractivity contribution in [2.75, 3.05) is 30.4 Å². The summed E-state index contributed by atoms with van der Waals surface area (Å²) in [6, 6.07) is 7.79. The SMILES string of the molecule is COc1cc([N+](=O)[O-])ccc1NC(=O)C1CCN(c2ccc(-n3cncn3)nn2)CC1. The van der Waals surface area contributed by atoms with E-state index in [1.165, 1.54) is 36.3 Å². The first-order valence-electron chi connectivity index (χ1n) is 9.62. The lowest BCUT2D eigenvalue weighted by molar-refractivity contribution is -0.384. The lowest BCUT2D eigenvalue weighted by atomic mass is 9.95. The minimum absolute atomic E-state index is 0.0981. The number of aromatic nitrogens is 5. The monoisotopic (exact) mass is 424 g/mol. The van der Waals surface area contributed by atoms with Crippen LogP contribution in [0.5, 0.6) is 5.75 Å². The van der Waals surface area contributed by atoms with Crippen LogP contribution in [-0.4, -0.2) is 56.0 Å². The summed E-state index contributed by atoms with van der Waals surface area (Å²) in [6.07, 6.45) is 4.27. The molecule has 12 nitrogen and oxygen atoms in total. The Kier molecular flexibility index (Phi) is 5.69. The average molecular weight is 424 g/mol. The summed E-state index contributed by atoms with van der Waals surface area (Å²) in [7, 11) is 1.41. The lowest BCUT2D eigenvalue weighted by Crippen LogP contribution is -2.38. The van der Waals surface area contributed by atoms with Gasteiger partial charge in [-0.3, -0.25) is 14.9 Å². The molecule has 1 aliphatic heterocycles. The Bertz CT molecular complexity index is 1060. The number of nitro benzene ring substituents is 1. The zero-order valence-electron chi connectivity index (χ0n) is 16.7. The number of ether oxygens (including phenoxy) is 1. The number of rotatable bonds is 6. The Balaban J connectivity index is 1.35. The molecule has 1 aromatic carbocycles. The standard InChI is InChI=1S/C19H20N8O4/c1-31-16-10-14(27(29)30)2-3-15(16)22-19(28)13-6-8-25(9-7-13)17-4-5-18(24-23-17)26-12-20-11-21-26/h2-5,10-13H,6-9H2,1H3,(H,22,28). The van der Waals surface area contributed by atoms with E-state index in [0.29, 0.717) is 37.4 Å². The second kappa shape index (κ2) is 8.73. The number of nitrogens with one attached hydrogen (secondary N) is 1. The van der Waals surface area contributed by atoms with Gasteiger partial charge in [-0.15, -0.1) is 10.2 Å². The molecule has 1 fully saturated rings. The third kappa shape index (κ3) is 4.42. The van der Waals surface area contributed by atoms with Crippen LogP contribution in [0.1, 0.15) is 12.8 Å². The molecule has 0 bridgehead atoms. The van der Waals surface area contributed by atoms with Gasteiger partial charge in [0.25, 0.3) is 5.69 Å². The van der Waals surface area contributed by atoms with Crippen molar-refractivity contribution in [2.45, 2.75) is 12.8 Å². The smallest absolute Gasteiger partial charge is 0.273 e. The van der Waals surface area contributed by atoms with E-state index in [2.05, 4.69) is 30.5 Å². The number of benzene rings is 1. The number of hydrogen-bond acceptors (Lipinski definition) is 9. The van der Waals surface area contributed by atoms with Gasteiger partial charge in [0.1, 0.15) is 18.4 Å². The molecular weight excluding hydrogens is 404 g/mol. The quantitative estimate of drug-likeness (QED) is 0.463. The zero-order valence-corrected chi connectivity index (χ0v) is 16.7. The van der Waals surface area contributed by atoms with Crippen molar-refractivity contribution in [2.24, 2.45) is 5.92 Å². The Morgan fingerprint density at radius 1 is 1.19 bits per heavy atom. The Morgan fingerprint density at radius 2 is 1.94 bits per heavy atom. The van der Waals surface area contributed by atoms with Crippen molar-refractivity contribution in [1.29, 1.82) is 0 Å². The highest BCUT2D eigenvalue weighted by molar-refractivity contribution is 5.94. The Labute approximate surface area is 177 Å². The Hall–Kier alpha value is -4.09. The van der Waals surface area contributed by atoms with Crippen molar-refractivity contribution in [3.05, 3.63) is 53.1 Å². The van der Waals surface area contributed by atoms with Gasteiger partial charge >= 0.3 is 0 Å². The molecule has 160 valence electrons. The number of carbonyl (C=O) groups is 1. The largest absolute Gasteiger partial charge is 0.494 e. The number of nitro groups is 1. The van der Waals surface area contributed by atoms with Gasteiger partial charge in [0.2, 0.25) is 5.91 Å². The van der Waals surface area contributed by atoms with Crippen LogP contribution in [0, 0.1) is 16.0 Å². The zero-order chi connectivity index (χ0) is 21.8. The van der Waals surface area contributed by atoms with Crippen molar-refractivity contribution < 1.29 is 14.5 Å². The van der Waals surface area contributed by atoms with Crippen LogP contribution in [0.25, 0.3) is 5.82 Å². The molecule has 12 heteroatoms. The molecule has 2 aromatic heterocycles. The first kappa shape index (κ1) is 20.2. The van der Waals surface area contributed by atoms with Crippen LogP contribution in [-0.2, 0) is 4.79 Å². The molecular formula is C19H20N8O4. The van der Waals surface area contributed by atoms with E-state index >= 15 is 0 Å². The van der Waals surface area contributed by atoms with E-state index in [4.69, 9.17) is 4.74 Å². The summed E-state index contributed by atoms with van der Waals surface area (Å²) in [4.78, 5) is 29.1. The van der Waals surface area contributed by atoms with E-state index in [9.17, 15) is 14.9 Å². The van der Waals surface area contributed by atoms with E-state index in [-0.39, 0.29) is 23.3 Å². The van der Waals surface area contributed by atoms with E-state index < -0.39 is 4.92 Å². The van der Waals surface area contributed by atoms with E-state index in [1.807, 2.05) is 12.1 Å². The molecule has 1 amide bonds. The average Bonchev–Trinajstić information content (AvgIpc) is 3.34. The summed E-state index contributed by atoms with van der Waals surface area (Å²) in [6.45, 7) is 1.32. The summed E-state index contributed by atoms with van der Waals surface area (Å²) in [5.41, 5.74) is 0.314. The van der Waals surface area contributed by atoms with Gasteiger partial charge in [-0.2, -0.15) is 5.10 Å². The van der Waals surface area contributed by atoms with Gasteiger partial charge in [-0.25, -0.2) is 9.67 Å². The van der Waals surface area contributed by atoms with Crippen molar-refractivity contribution in [3.63, 3.8) is 0 Å². The van der Waals surface area contributed by atoms with Crippen LogP contribution in [0.2, 0.25) is 0 Å². The molecule has 0 radical (unpaired) electrons. The fraction of sp³-hybridized carbons (Fsp3) is 0.316. The predicted octanol–water partition coefficient (Wildman–Crippen LogP) is 1.83. The predicted molar refractivity (Wildman–Crippen MR) is 110 cm³/mol. The molecule has 1 aliphatic rings. The highest BCUT2D eigenvalue weighted by atomic mass is 16.6. The van der Waals surface area contributed by atoms with Gasteiger partial charge in [0, 0.05) is 25.1 Å². The van der Waals surface area contributed by atoms with Gasteiger partial charge in [-0.1, -0.05) is 0 Å². The summed E-state index contributed by atoms with van der Waals surface area (Å²) >= 11 is 0. The number of piperidine rings is 1. The van der Waals surface area contributed by atoms with Crippen LogP contribution < -0.4 is 15.0 Å². The minimum atomic E-state index is -0.509. The number of methoxy groups -OCH3 is 1. The van der Waals surface area contributed by atoms with Gasteiger partial charge < -0.3 is 15.0 Å². The Morgan fingerprint density at radius 3 is 2.55 bits per heavy atom. The minimum Gasteiger partial charge on any atom is -0.494 e. The van der Waals surface area contributed by atoms with Crippen molar-refractivity contribution >= 4 is 23.1 Å². The highest BCUT2D eigenvalue weighted by Gasteiger charge is 2.27. The molecule has 3 heterocycles. The number of nitrogens with zero attached hydrogens (tertiary/aromatic N) is 7. The molecule has 0 spiro atoms. The third-order valence-electron chi connectivity index (χ3n) is 5.13. The maximum absolute atomic E-state index is 12.7. The van der Waals surface area contributed by atoms with E-state index in [1.54, 1.807) is 6.33 Å². The number of non-ortho nitro benzene ring substituents is 1. The van der Waals surface area contributed by atoms with Crippen LogP contribution in [0.4, 0.5) is 17.2 Å². The fourth-order valence-corrected chi connectivity index (χ4v) is 3.44. The molecule has 31 heavy (non-hydrogen) atoms. The number of carbonyl (C=O) groups excluding carboxylic acids is 1. The molecule has 1 saturated heterocycles. The summed E-state index contributed by atoms with van der Waals surface area (Å²) in [5, 5.41) is 26.2. The number of amides is 1. The molecule has 0 saturated carbocycles. The molecule has 0 atom stereocenters. The van der Waals surface area contributed by atoms with Crippen molar-refractivity contribution in [1.82, 2.24) is 25.0 Å². The molecule has 0 aliphatic carbocycles. The van der Waals surface area contributed by atoms with E-state index in [0.717, 1.165) is 5.82 Å². The van der Waals surface area contributed by atoms with Crippen LogP contribution >= 0.6 is 0 Å². The summed E-state index contributed by atoms with van der Waals surface area (Å²) in [5.74, 6) is 1.24. The molecule has 3 aromatic rings. The van der Waals surface area contributed by atoms with Crippen molar-refractivity contribution in [3.8, 4) is 11.6 Å². The highest BCUT2D eigenvalue weighted by Crippen LogP contribution is 2.30. The first-order valence-corrected chi connectivity index (χ1v) is 9.62. The number of anilines is 2. The maximum Gasteiger partial charge on any atom is 0.273 e. The van der Waals surface area contributed by atoms with Gasteiger partial charge in [0.05, 0.1) is 23.8 Å². The topological polar surface area (TPSA) is 141 Å². The molecule has 4 rings (SSSR count).